The van der Waals surface area contributed by atoms with Gasteiger partial charge in [0.05, 0.1) is 0 Å². The van der Waals surface area contributed by atoms with Gasteiger partial charge in [0.25, 0.3) is 0 Å². The van der Waals surface area contributed by atoms with Crippen LogP contribution >= 0.6 is 15.9 Å². The molecule has 0 fully saturated rings. The minimum Gasteiger partial charge on any atom is -0.302 e. The van der Waals surface area contributed by atoms with E-state index in [1.807, 2.05) is 6.07 Å². The number of benzene rings is 1. The molecule has 0 unspecified atom stereocenters. The summed E-state index contributed by atoms with van der Waals surface area (Å²) in [6.45, 7) is 6.17. The first-order valence-electron chi connectivity index (χ1n) is 5.11. The number of rotatable bonds is 4. The molecule has 84 valence electrons. The van der Waals surface area contributed by atoms with Crippen LogP contribution in [0, 0.1) is 11.7 Å². The molecule has 0 N–H and O–H groups in total. The maximum Gasteiger partial charge on any atom is 0.124 e. The summed E-state index contributed by atoms with van der Waals surface area (Å²) in [7, 11) is 2.05. The largest absolute Gasteiger partial charge is 0.302 e. The zero-order valence-corrected chi connectivity index (χ0v) is 11.0. The molecule has 0 heterocycles. The predicted octanol–water partition coefficient (Wildman–Crippen LogP) is 3.68. The van der Waals surface area contributed by atoms with Crippen LogP contribution in [0.15, 0.2) is 22.7 Å². The maximum absolute atomic E-state index is 13.1. The van der Waals surface area contributed by atoms with E-state index < -0.39 is 0 Å². The summed E-state index contributed by atoms with van der Waals surface area (Å²) >= 11 is 3.30. The Morgan fingerprint density at radius 3 is 2.53 bits per heavy atom. The molecule has 0 saturated heterocycles. The minimum absolute atomic E-state index is 0.183. The monoisotopic (exact) mass is 273 g/mol. The van der Waals surface area contributed by atoms with Crippen LogP contribution in [0.25, 0.3) is 0 Å². The molecule has 0 aromatic heterocycles. The Bertz CT molecular complexity index is 305. The van der Waals surface area contributed by atoms with Crippen molar-refractivity contribution in [1.82, 2.24) is 4.90 Å². The quantitative estimate of drug-likeness (QED) is 0.809. The number of halogens is 2. The molecular formula is C12H17BrFN. The molecule has 0 radical (unpaired) electrons. The molecule has 0 aliphatic carbocycles. The van der Waals surface area contributed by atoms with Crippen molar-refractivity contribution in [3.8, 4) is 0 Å². The van der Waals surface area contributed by atoms with Crippen LogP contribution < -0.4 is 0 Å². The summed E-state index contributed by atoms with van der Waals surface area (Å²) in [4.78, 5) is 2.20. The van der Waals surface area contributed by atoms with Gasteiger partial charge in [0.15, 0.2) is 0 Å². The normalized spacial score (nSPS) is 11.4. The van der Waals surface area contributed by atoms with Gasteiger partial charge in [-0.05, 0) is 36.7 Å². The second-order valence-corrected chi connectivity index (χ2v) is 5.28. The van der Waals surface area contributed by atoms with Gasteiger partial charge in [-0.2, -0.15) is 0 Å². The Morgan fingerprint density at radius 1 is 1.33 bits per heavy atom. The van der Waals surface area contributed by atoms with E-state index in [9.17, 15) is 4.39 Å². The Kier molecular flexibility index (Phi) is 4.74. The van der Waals surface area contributed by atoms with Crippen molar-refractivity contribution in [2.24, 2.45) is 5.92 Å². The number of hydrogen-bond acceptors (Lipinski definition) is 1. The van der Waals surface area contributed by atoms with Gasteiger partial charge in [-0.1, -0.05) is 29.8 Å². The summed E-state index contributed by atoms with van der Waals surface area (Å²) in [6.07, 6.45) is 0. The molecule has 0 amide bonds. The van der Waals surface area contributed by atoms with Crippen molar-refractivity contribution in [1.29, 1.82) is 0 Å². The topological polar surface area (TPSA) is 3.24 Å². The van der Waals surface area contributed by atoms with Gasteiger partial charge in [-0.15, -0.1) is 0 Å². The Labute approximate surface area is 99.4 Å². The van der Waals surface area contributed by atoms with E-state index in [1.54, 1.807) is 6.07 Å². The molecule has 15 heavy (non-hydrogen) atoms. The summed E-state index contributed by atoms with van der Waals surface area (Å²) in [6, 6.07) is 5.02. The molecular weight excluding hydrogens is 257 g/mol. The van der Waals surface area contributed by atoms with Gasteiger partial charge < -0.3 is 4.90 Å². The molecule has 0 aliphatic rings. The van der Waals surface area contributed by atoms with Crippen LogP contribution in [0.1, 0.15) is 19.4 Å². The summed E-state index contributed by atoms with van der Waals surface area (Å²) in [5.41, 5.74) is 1.00. The highest BCUT2D eigenvalue weighted by Crippen LogP contribution is 2.16. The molecule has 0 bridgehead atoms. The number of nitrogens with zero attached hydrogens (tertiary/aromatic N) is 1. The highest BCUT2D eigenvalue weighted by molar-refractivity contribution is 9.10. The predicted molar refractivity (Wildman–Crippen MR) is 65.3 cm³/mol. The maximum atomic E-state index is 13.1. The van der Waals surface area contributed by atoms with Crippen LogP contribution in [-0.4, -0.2) is 18.5 Å². The molecule has 0 aliphatic heterocycles. The summed E-state index contributed by atoms with van der Waals surface area (Å²) in [5.74, 6) is 0.448. The zero-order chi connectivity index (χ0) is 11.4. The van der Waals surface area contributed by atoms with E-state index in [0.29, 0.717) is 5.92 Å². The molecule has 1 nitrogen and oxygen atoms in total. The Morgan fingerprint density at radius 2 is 2.00 bits per heavy atom. The first kappa shape index (κ1) is 12.7. The lowest BCUT2D eigenvalue weighted by Gasteiger charge is -2.19. The average Bonchev–Trinajstić information content (AvgIpc) is 1.98. The van der Waals surface area contributed by atoms with Crippen molar-refractivity contribution < 1.29 is 4.39 Å². The van der Waals surface area contributed by atoms with Crippen LogP contribution in [0.3, 0.4) is 0 Å². The van der Waals surface area contributed by atoms with Gasteiger partial charge >= 0.3 is 0 Å². The van der Waals surface area contributed by atoms with Crippen molar-refractivity contribution in [2.75, 3.05) is 13.6 Å². The van der Waals surface area contributed by atoms with E-state index in [-0.39, 0.29) is 5.82 Å². The molecule has 0 atom stereocenters. The Balaban J connectivity index is 2.63. The zero-order valence-electron chi connectivity index (χ0n) is 9.43. The molecule has 1 aromatic carbocycles. The van der Waals surface area contributed by atoms with E-state index in [0.717, 1.165) is 23.1 Å². The molecule has 0 spiro atoms. The fourth-order valence-corrected chi connectivity index (χ4v) is 2.21. The van der Waals surface area contributed by atoms with E-state index in [4.69, 9.17) is 0 Å². The Hall–Kier alpha value is -0.410. The molecule has 1 rings (SSSR count). The lowest BCUT2D eigenvalue weighted by atomic mass is 10.1. The number of hydrogen-bond donors (Lipinski definition) is 0. The average molecular weight is 274 g/mol. The van der Waals surface area contributed by atoms with Crippen molar-refractivity contribution >= 4 is 15.9 Å². The lowest BCUT2D eigenvalue weighted by Crippen LogP contribution is -2.22. The van der Waals surface area contributed by atoms with Gasteiger partial charge in [0, 0.05) is 17.6 Å². The van der Waals surface area contributed by atoms with Crippen LogP contribution in [0.5, 0.6) is 0 Å². The van der Waals surface area contributed by atoms with Crippen LogP contribution in [-0.2, 0) is 6.54 Å². The van der Waals surface area contributed by atoms with Crippen molar-refractivity contribution in [3.05, 3.63) is 34.1 Å². The smallest absolute Gasteiger partial charge is 0.124 e. The highest BCUT2D eigenvalue weighted by atomic mass is 79.9. The third-order valence-electron chi connectivity index (χ3n) is 2.05. The fourth-order valence-electron chi connectivity index (χ4n) is 1.70. The third-order valence-corrected chi connectivity index (χ3v) is 2.51. The van der Waals surface area contributed by atoms with Crippen LogP contribution in [0.4, 0.5) is 4.39 Å². The van der Waals surface area contributed by atoms with Gasteiger partial charge in [0.2, 0.25) is 0 Å². The van der Waals surface area contributed by atoms with Gasteiger partial charge in [-0.25, -0.2) is 4.39 Å². The molecule has 0 saturated carbocycles. The van der Waals surface area contributed by atoms with Gasteiger partial charge in [-0.3, -0.25) is 0 Å². The first-order chi connectivity index (χ1) is 6.97. The van der Waals surface area contributed by atoms with Crippen molar-refractivity contribution in [3.63, 3.8) is 0 Å². The second kappa shape index (κ2) is 5.61. The van der Waals surface area contributed by atoms with E-state index in [1.165, 1.54) is 6.07 Å². The third kappa shape index (κ3) is 4.76. The summed E-state index contributed by atoms with van der Waals surface area (Å²) in [5, 5.41) is 0. The molecule has 3 heteroatoms. The summed E-state index contributed by atoms with van der Waals surface area (Å²) < 4.78 is 13.9. The minimum atomic E-state index is -0.183. The lowest BCUT2D eigenvalue weighted by molar-refractivity contribution is 0.288. The standard InChI is InChI=1S/C12H17BrFN/c1-9(2)7-15(3)8-10-4-11(13)6-12(14)5-10/h4-6,9H,7-8H2,1-3H3. The first-order valence-corrected chi connectivity index (χ1v) is 5.90. The highest BCUT2D eigenvalue weighted by Gasteiger charge is 2.04. The second-order valence-electron chi connectivity index (χ2n) is 4.37. The van der Waals surface area contributed by atoms with E-state index >= 15 is 0 Å². The van der Waals surface area contributed by atoms with Crippen LogP contribution in [0.2, 0.25) is 0 Å². The van der Waals surface area contributed by atoms with Crippen molar-refractivity contribution in [2.45, 2.75) is 20.4 Å². The molecule has 1 aromatic rings. The van der Waals surface area contributed by atoms with E-state index in [2.05, 4.69) is 41.7 Å². The SMILES string of the molecule is CC(C)CN(C)Cc1cc(F)cc(Br)c1. The van der Waals surface area contributed by atoms with Gasteiger partial charge in [0.1, 0.15) is 5.82 Å². The fraction of sp³-hybridized carbons (Fsp3) is 0.500.